The van der Waals surface area contributed by atoms with Gasteiger partial charge in [0.05, 0.1) is 17.4 Å². The Labute approximate surface area is 88.5 Å². The molecule has 0 saturated carbocycles. The lowest BCUT2D eigenvalue weighted by molar-refractivity contribution is 0.591. The Hall–Kier alpha value is -1.62. The topological polar surface area (TPSA) is 61.7 Å². The van der Waals surface area contributed by atoms with Crippen molar-refractivity contribution in [3.05, 3.63) is 35.9 Å². The molecule has 2 heterocycles. The van der Waals surface area contributed by atoms with Crippen molar-refractivity contribution in [1.29, 1.82) is 0 Å². The summed E-state index contributed by atoms with van der Waals surface area (Å²) in [5.74, 6) is 0. The summed E-state index contributed by atoms with van der Waals surface area (Å²) in [6.07, 6.45) is 3.66. The van der Waals surface area contributed by atoms with E-state index in [1.54, 1.807) is 10.9 Å². The van der Waals surface area contributed by atoms with Crippen molar-refractivity contribution in [3.8, 4) is 0 Å². The van der Waals surface area contributed by atoms with Gasteiger partial charge in [0.2, 0.25) is 0 Å². The molecule has 5 nitrogen and oxygen atoms in total. The molecule has 0 aliphatic carbocycles. The Kier molecular flexibility index (Phi) is 2.55. The van der Waals surface area contributed by atoms with Crippen LogP contribution in [-0.2, 0) is 13.6 Å². The van der Waals surface area contributed by atoms with Crippen LogP contribution in [0.2, 0.25) is 0 Å². The summed E-state index contributed by atoms with van der Waals surface area (Å²) in [4.78, 5) is 0. The van der Waals surface area contributed by atoms with Gasteiger partial charge in [0, 0.05) is 26.0 Å². The minimum absolute atomic E-state index is 0.200. The monoisotopic (exact) mass is 205 g/mol. The quantitative estimate of drug-likeness (QED) is 0.801. The molecule has 1 atom stereocenters. The fraction of sp³-hybridized carbons (Fsp3) is 0.400. The molecule has 0 aliphatic heterocycles. The van der Waals surface area contributed by atoms with Gasteiger partial charge in [-0.25, -0.2) is 0 Å². The zero-order valence-electron chi connectivity index (χ0n) is 8.96. The van der Waals surface area contributed by atoms with Crippen LogP contribution in [0.25, 0.3) is 0 Å². The average molecular weight is 205 g/mol. The van der Waals surface area contributed by atoms with Crippen LogP contribution < -0.4 is 5.73 Å². The van der Waals surface area contributed by atoms with Crippen molar-refractivity contribution in [3.63, 3.8) is 0 Å². The first-order valence-corrected chi connectivity index (χ1v) is 4.99. The van der Waals surface area contributed by atoms with Gasteiger partial charge >= 0.3 is 0 Å². The van der Waals surface area contributed by atoms with E-state index in [0.717, 1.165) is 17.9 Å². The second-order valence-corrected chi connectivity index (χ2v) is 3.46. The first-order chi connectivity index (χ1) is 7.22. The SMILES string of the molecule is CCn1nccc1C(N)c1ccn(C)n1. The average Bonchev–Trinajstić information content (AvgIpc) is 2.84. The Morgan fingerprint density at radius 3 is 2.87 bits per heavy atom. The summed E-state index contributed by atoms with van der Waals surface area (Å²) in [7, 11) is 1.88. The Morgan fingerprint density at radius 2 is 2.27 bits per heavy atom. The molecule has 15 heavy (non-hydrogen) atoms. The molecule has 0 radical (unpaired) electrons. The summed E-state index contributed by atoms with van der Waals surface area (Å²) < 4.78 is 3.64. The van der Waals surface area contributed by atoms with E-state index in [2.05, 4.69) is 10.2 Å². The van der Waals surface area contributed by atoms with Crippen LogP contribution in [-0.4, -0.2) is 19.6 Å². The number of rotatable bonds is 3. The van der Waals surface area contributed by atoms with Gasteiger partial charge in [-0.2, -0.15) is 10.2 Å². The van der Waals surface area contributed by atoms with E-state index in [4.69, 9.17) is 5.73 Å². The molecule has 0 saturated heterocycles. The van der Waals surface area contributed by atoms with Gasteiger partial charge in [0.15, 0.2) is 0 Å². The lowest BCUT2D eigenvalue weighted by Gasteiger charge is -2.10. The van der Waals surface area contributed by atoms with Crippen LogP contribution in [0.4, 0.5) is 0 Å². The van der Waals surface area contributed by atoms with E-state index >= 15 is 0 Å². The van der Waals surface area contributed by atoms with Gasteiger partial charge < -0.3 is 5.73 Å². The van der Waals surface area contributed by atoms with Gasteiger partial charge in [0.25, 0.3) is 0 Å². The molecule has 0 amide bonds. The smallest absolute Gasteiger partial charge is 0.0915 e. The highest BCUT2D eigenvalue weighted by atomic mass is 15.3. The maximum absolute atomic E-state index is 6.11. The molecule has 0 aromatic carbocycles. The second-order valence-electron chi connectivity index (χ2n) is 3.46. The predicted molar refractivity (Wildman–Crippen MR) is 57.1 cm³/mol. The summed E-state index contributed by atoms with van der Waals surface area (Å²) in [5, 5.41) is 8.48. The predicted octanol–water partition coefficient (Wildman–Crippen LogP) is 0.685. The largest absolute Gasteiger partial charge is 0.318 e. The van der Waals surface area contributed by atoms with E-state index in [1.165, 1.54) is 0 Å². The highest BCUT2D eigenvalue weighted by molar-refractivity contribution is 5.19. The fourth-order valence-corrected chi connectivity index (χ4v) is 1.62. The molecule has 0 bridgehead atoms. The standard InChI is InChI=1S/C10H15N5/c1-3-15-9(4-6-12-15)10(11)8-5-7-14(2)13-8/h4-7,10H,3,11H2,1-2H3. The highest BCUT2D eigenvalue weighted by Crippen LogP contribution is 2.16. The summed E-state index contributed by atoms with van der Waals surface area (Å²) in [6, 6.07) is 3.66. The third-order valence-electron chi connectivity index (χ3n) is 2.42. The van der Waals surface area contributed by atoms with Crippen molar-refractivity contribution in [1.82, 2.24) is 19.6 Å². The third kappa shape index (κ3) is 1.78. The number of aromatic nitrogens is 4. The molecule has 2 aromatic heterocycles. The molecule has 2 aromatic rings. The van der Waals surface area contributed by atoms with Crippen molar-refractivity contribution >= 4 is 0 Å². The molecule has 2 rings (SSSR count). The highest BCUT2D eigenvalue weighted by Gasteiger charge is 2.15. The van der Waals surface area contributed by atoms with Crippen molar-refractivity contribution in [2.75, 3.05) is 0 Å². The molecule has 80 valence electrons. The van der Waals surface area contributed by atoms with E-state index in [1.807, 2.05) is 37.0 Å². The molecule has 2 N–H and O–H groups in total. The van der Waals surface area contributed by atoms with Gasteiger partial charge in [-0.15, -0.1) is 0 Å². The van der Waals surface area contributed by atoms with Crippen molar-refractivity contribution in [2.45, 2.75) is 19.5 Å². The molecule has 0 fully saturated rings. The van der Waals surface area contributed by atoms with Crippen LogP contribution in [0.5, 0.6) is 0 Å². The number of nitrogens with zero attached hydrogens (tertiary/aromatic N) is 4. The molecule has 5 heteroatoms. The second kappa shape index (κ2) is 3.86. The summed E-state index contributed by atoms with van der Waals surface area (Å²) in [6.45, 7) is 2.87. The normalized spacial score (nSPS) is 13.0. The zero-order chi connectivity index (χ0) is 10.8. The summed E-state index contributed by atoms with van der Waals surface area (Å²) >= 11 is 0. The maximum atomic E-state index is 6.11. The van der Waals surface area contributed by atoms with Gasteiger partial charge in [-0.1, -0.05) is 0 Å². The van der Waals surface area contributed by atoms with E-state index < -0.39 is 0 Å². The van der Waals surface area contributed by atoms with Gasteiger partial charge in [-0.3, -0.25) is 9.36 Å². The molecular weight excluding hydrogens is 190 g/mol. The van der Waals surface area contributed by atoms with Crippen LogP contribution in [0.3, 0.4) is 0 Å². The third-order valence-corrected chi connectivity index (χ3v) is 2.42. The van der Waals surface area contributed by atoms with Gasteiger partial charge in [0.1, 0.15) is 0 Å². The zero-order valence-corrected chi connectivity index (χ0v) is 8.96. The minimum Gasteiger partial charge on any atom is -0.318 e. The summed E-state index contributed by atoms with van der Waals surface area (Å²) in [5.41, 5.74) is 7.98. The van der Waals surface area contributed by atoms with Crippen LogP contribution in [0.1, 0.15) is 24.4 Å². The van der Waals surface area contributed by atoms with Gasteiger partial charge in [-0.05, 0) is 19.1 Å². The van der Waals surface area contributed by atoms with Crippen molar-refractivity contribution in [2.24, 2.45) is 12.8 Å². The van der Waals surface area contributed by atoms with Crippen molar-refractivity contribution < 1.29 is 0 Å². The molecule has 1 unspecified atom stereocenters. The Balaban J connectivity index is 2.31. The number of aryl methyl sites for hydroxylation is 2. The minimum atomic E-state index is -0.200. The van der Waals surface area contributed by atoms with E-state index in [0.29, 0.717) is 0 Å². The Bertz CT molecular complexity index is 442. The maximum Gasteiger partial charge on any atom is 0.0915 e. The number of nitrogens with two attached hydrogens (primary N) is 1. The fourth-order valence-electron chi connectivity index (χ4n) is 1.62. The molecule has 0 spiro atoms. The van der Waals surface area contributed by atoms with Crippen LogP contribution in [0.15, 0.2) is 24.5 Å². The number of hydrogen-bond acceptors (Lipinski definition) is 3. The number of hydrogen-bond donors (Lipinski definition) is 1. The first kappa shape index (κ1) is 9.92. The van der Waals surface area contributed by atoms with Crippen LogP contribution in [0, 0.1) is 0 Å². The lowest BCUT2D eigenvalue weighted by atomic mass is 10.1. The lowest BCUT2D eigenvalue weighted by Crippen LogP contribution is -2.17. The first-order valence-electron chi connectivity index (χ1n) is 4.99. The Morgan fingerprint density at radius 1 is 1.47 bits per heavy atom. The van der Waals surface area contributed by atoms with E-state index in [9.17, 15) is 0 Å². The molecular formula is C10H15N5. The van der Waals surface area contributed by atoms with Crippen LogP contribution >= 0.6 is 0 Å². The molecule has 0 aliphatic rings. The van der Waals surface area contributed by atoms with E-state index in [-0.39, 0.29) is 6.04 Å².